The number of benzene rings is 1. The van der Waals surface area contributed by atoms with E-state index in [1.165, 1.54) is 0 Å². The average Bonchev–Trinajstić information content (AvgIpc) is 2.27. The Morgan fingerprint density at radius 1 is 1.00 bits per heavy atom. The molecule has 0 fully saturated rings. The summed E-state index contributed by atoms with van der Waals surface area (Å²) in [6.07, 6.45) is 0. The van der Waals surface area contributed by atoms with Crippen molar-refractivity contribution in [1.82, 2.24) is 15.0 Å². The van der Waals surface area contributed by atoms with Gasteiger partial charge in [0.25, 0.3) is 0 Å². The Bertz CT molecular complexity index is 490. The third-order valence-corrected chi connectivity index (χ3v) is 2.15. The van der Waals surface area contributed by atoms with E-state index in [9.17, 15) is 0 Å². The van der Waals surface area contributed by atoms with Gasteiger partial charge in [-0.3, -0.25) is 0 Å². The fraction of sp³-hybridized carbons (Fsp3) is 0.250. The molecule has 0 saturated carbocycles. The van der Waals surface area contributed by atoms with Crippen LogP contribution in [-0.4, -0.2) is 15.0 Å². The smallest absolute Gasteiger partial charge is 0.169 e. The molecule has 0 aliphatic heterocycles. The van der Waals surface area contributed by atoms with Gasteiger partial charge in [0.05, 0.1) is 0 Å². The topological polar surface area (TPSA) is 73.9 Å². The maximum atomic E-state index is 5.59. The Morgan fingerprint density at radius 3 is 2.18 bits per heavy atom. The van der Waals surface area contributed by atoms with Crippen molar-refractivity contribution < 1.29 is 4.74 Å². The first-order valence-corrected chi connectivity index (χ1v) is 5.30. The Morgan fingerprint density at radius 2 is 1.59 bits per heavy atom. The molecule has 1 heterocycles. The molecule has 0 atom stereocenters. The van der Waals surface area contributed by atoms with Crippen molar-refractivity contribution in [1.29, 1.82) is 0 Å². The molecular weight excluding hydrogens is 216 g/mol. The average molecular weight is 230 g/mol. The molecule has 0 unspecified atom stereocenters. The number of hydrogen-bond donors (Lipinski definition) is 1. The van der Waals surface area contributed by atoms with E-state index >= 15 is 0 Å². The first-order chi connectivity index (χ1) is 8.13. The van der Waals surface area contributed by atoms with Gasteiger partial charge in [0, 0.05) is 5.69 Å². The number of aryl methyl sites for hydroxylation is 2. The first-order valence-electron chi connectivity index (χ1n) is 5.30. The molecule has 0 amide bonds. The molecule has 0 aliphatic carbocycles. The summed E-state index contributed by atoms with van der Waals surface area (Å²) in [5, 5.41) is 0. The molecule has 5 nitrogen and oxygen atoms in total. The lowest BCUT2D eigenvalue weighted by Crippen LogP contribution is -2.06. The number of aromatic nitrogens is 3. The van der Waals surface area contributed by atoms with Gasteiger partial charge >= 0.3 is 0 Å². The predicted molar refractivity (Wildman–Crippen MR) is 64.5 cm³/mol. The van der Waals surface area contributed by atoms with E-state index in [-0.39, 0.29) is 0 Å². The maximum absolute atomic E-state index is 5.59. The van der Waals surface area contributed by atoms with E-state index in [1.807, 2.05) is 26.0 Å². The van der Waals surface area contributed by atoms with Gasteiger partial charge in [-0.05, 0) is 38.1 Å². The third kappa shape index (κ3) is 3.14. The minimum Gasteiger partial charge on any atom is -0.486 e. The van der Waals surface area contributed by atoms with Crippen LogP contribution in [0.5, 0.6) is 5.75 Å². The van der Waals surface area contributed by atoms with Crippen LogP contribution in [0.3, 0.4) is 0 Å². The van der Waals surface area contributed by atoms with Crippen molar-refractivity contribution in [3.05, 3.63) is 41.7 Å². The molecule has 2 aromatic rings. The number of nitrogens with two attached hydrogens (primary N) is 1. The largest absolute Gasteiger partial charge is 0.486 e. The van der Waals surface area contributed by atoms with Crippen molar-refractivity contribution in [3.8, 4) is 5.75 Å². The Hall–Kier alpha value is -2.17. The fourth-order valence-corrected chi connectivity index (χ4v) is 1.46. The molecule has 88 valence electrons. The number of anilines is 1. The zero-order valence-corrected chi connectivity index (χ0v) is 9.84. The number of nitrogen functional groups attached to an aromatic ring is 1. The molecule has 1 aromatic carbocycles. The summed E-state index contributed by atoms with van der Waals surface area (Å²) < 4.78 is 5.55. The summed E-state index contributed by atoms with van der Waals surface area (Å²) in [5.41, 5.74) is 6.30. The lowest BCUT2D eigenvalue weighted by molar-refractivity contribution is 0.294. The molecule has 0 aliphatic rings. The summed E-state index contributed by atoms with van der Waals surface area (Å²) in [7, 11) is 0. The molecule has 0 saturated heterocycles. The molecule has 0 bridgehead atoms. The zero-order valence-electron chi connectivity index (χ0n) is 9.84. The summed E-state index contributed by atoms with van der Waals surface area (Å²) in [6, 6.07) is 7.21. The van der Waals surface area contributed by atoms with Gasteiger partial charge in [-0.25, -0.2) is 15.0 Å². The number of nitrogens with zero attached hydrogens (tertiary/aromatic N) is 3. The second-order valence-corrected chi connectivity index (χ2v) is 3.70. The monoisotopic (exact) mass is 230 g/mol. The van der Waals surface area contributed by atoms with Gasteiger partial charge < -0.3 is 10.5 Å². The maximum Gasteiger partial charge on any atom is 0.169 e. The summed E-state index contributed by atoms with van der Waals surface area (Å²) in [6.45, 7) is 4.00. The molecule has 0 spiro atoms. The normalized spacial score (nSPS) is 10.2. The van der Waals surface area contributed by atoms with E-state index in [0.29, 0.717) is 29.8 Å². The zero-order chi connectivity index (χ0) is 12.3. The minimum absolute atomic E-state index is 0.327. The van der Waals surface area contributed by atoms with Crippen LogP contribution in [0, 0.1) is 13.8 Å². The van der Waals surface area contributed by atoms with Crippen LogP contribution in [-0.2, 0) is 6.61 Å². The fourth-order valence-electron chi connectivity index (χ4n) is 1.46. The Kier molecular flexibility index (Phi) is 3.18. The predicted octanol–water partition coefficient (Wildman–Crippen LogP) is 1.65. The van der Waals surface area contributed by atoms with Crippen molar-refractivity contribution in [2.75, 3.05) is 5.73 Å². The van der Waals surface area contributed by atoms with Crippen molar-refractivity contribution in [2.24, 2.45) is 0 Å². The van der Waals surface area contributed by atoms with E-state index in [2.05, 4.69) is 15.0 Å². The van der Waals surface area contributed by atoms with Crippen LogP contribution < -0.4 is 10.5 Å². The highest BCUT2D eigenvalue weighted by Crippen LogP contribution is 2.14. The van der Waals surface area contributed by atoms with Crippen molar-refractivity contribution >= 4 is 5.69 Å². The van der Waals surface area contributed by atoms with Crippen LogP contribution in [0.25, 0.3) is 0 Å². The van der Waals surface area contributed by atoms with Gasteiger partial charge in [0.15, 0.2) is 5.82 Å². The molecule has 2 N–H and O–H groups in total. The lowest BCUT2D eigenvalue weighted by Gasteiger charge is -2.06. The van der Waals surface area contributed by atoms with Crippen LogP contribution >= 0.6 is 0 Å². The van der Waals surface area contributed by atoms with E-state index < -0.39 is 0 Å². The van der Waals surface area contributed by atoms with Crippen LogP contribution in [0.4, 0.5) is 5.69 Å². The first kappa shape index (κ1) is 11.3. The van der Waals surface area contributed by atoms with Crippen LogP contribution in [0.15, 0.2) is 24.3 Å². The molecular formula is C12H14N4O. The van der Waals surface area contributed by atoms with Gasteiger partial charge in [0.1, 0.15) is 24.0 Å². The highest BCUT2D eigenvalue weighted by molar-refractivity contribution is 5.41. The van der Waals surface area contributed by atoms with Crippen LogP contribution in [0.1, 0.15) is 17.5 Å². The number of rotatable bonds is 3. The van der Waals surface area contributed by atoms with E-state index in [4.69, 9.17) is 10.5 Å². The molecule has 0 radical (unpaired) electrons. The number of ether oxygens (including phenoxy) is 1. The quantitative estimate of drug-likeness (QED) is 0.811. The lowest BCUT2D eigenvalue weighted by atomic mass is 10.3. The SMILES string of the molecule is Cc1nc(C)nc(COc2ccc(N)cc2)n1. The van der Waals surface area contributed by atoms with E-state index in [0.717, 1.165) is 5.75 Å². The third-order valence-electron chi connectivity index (χ3n) is 2.15. The summed E-state index contributed by atoms with van der Waals surface area (Å²) >= 11 is 0. The second kappa shape index (κ2) is 4.78. The molecule has 1 aromatic heterocycles. The molecule has 17 heavy (non-hydrogen) atoms. The number of hydrogen-bond acceptors (Lipinski definition) is 5. The van der Waals surface area contributed by atoms with Gasteiger partial charge in [-0.2, -0.15) is 0 Å². The van der Waals surface area contributed by atoms with Gasteiger partial charge in [-0.15, -0.1) is 0 Å². The highest BCUT2D eigenvalue weighted by atomic mass is 16.5. The summed E-state index contributed by atoms with van der Waals surface area (Å²) in [4.78, 5) is 12.5. The molecule has 2 rings (SSSR count). The van der Waals surface area contributed by atoms with Crippen LogP contribution in [0.2, 0.25) is 0 Å². The second-order valence-electron chi connectivity index (χ2n) is 3.70. The van der Waals surface area contributed by atoms with Gasteiger partial charge in [0.2, 0.25) is 0 Å². The minimum atomic E-state index is 0.327. The Labute approximate surface area is 99.7 Å². The Balaban J connectivity index is 2.04. The van der Waals surface area contributed by atoms with Gasteiger partial charge in [-0.1, -0.05) is 0 Å². The van der Waals surface area contributed by atoms with Crippen molar-refractivity contribution in [2.45, 2.75) is 20.5 Å². The van der Waals surface area contributed by atoms with Crippen molar-refractivity contribution in [3.63, 3.8) is 0 Å². The summed E-state index contributed by atoms with van der Waals surface area (Å²) in [5.74, 6) is 2.78. The van der Waals surface area contributed by atoms with E-state index in [1.54, 1.807) is 12.1 Å². The highest BCUT2D eigenvalue weighted by Gasteiger charge is 2.01. The molecule has 5 heteroatoms. The standard InChI is InChI=1S/C12H14N4O/c1-8-14-9(2)16-12(15-8)7-17-11-5-3-10(13)4-6-11/h3-6H,7,13H2,1-2H3.